The van der Waals surface area contributed by atoms with Crippen LogP contribution in [0.15, 0.2) is 12.2 Å². The van der Waals surface area contributed by atoms with Crippen LogP contribution in [-0.4, -0.2) is 34.4 Å². The van der Waals surface area contributed by atoms with E-state index in [-0.39, 0.29) is 30.5 Å². The molecule has 0 aromatic rings. The fraction of sp³-hybridized carbons (Fsp3) is 0.714. The summed E-state index contributed by atoms with van der Waals surface area (Å²) < 4.78 is 5.68. The molecule has 0 radical (unpaired) electrons. The van der Waals surface area contributed by atoms with Gasteiger partial charge in [-0.25, -0.2) is 0 Å². The molecule has 4 atom stereocenters. The lowest BCUT2D eigenvalue weighted by atomic mass is 9.77. The van der Waals surface area contributed by atoms with Crippen molar-refractivity contribution in [2.45, 2.75) is 50.7 Å². The van der Waals surface area contributed by atoms with Gasteiger partial charge in [-0.15, -0.1) is 0 Å². The van der Waals surface area contributed by atoms with E-state index >= 15 is 0 Å². The number of carboxylic acid groups (broad SMARTS) is 2. The molecule has 19 heavy (non-hydrogen) atoms. The molecule has 2 fully saturated rings. The van der Waals surface area contributed by atoms with Gasteiger partial charge in [0, 0.05) is 12.3 Å². The van der Waals surface area contributed by atoms with E-state index in [1.165, 1.54) is 0 Å². The van der Waals surface area contributed by atoms with Gasteiger partial charge in [0.1, 0.15) is 0 Å². The summed E-state index contributed by atoms with van der Waals surface area (Å²) in [5, 5.41) is 17.7. The van der Waals surface area contributed by atoms with Crippen molar-refractivity contribution in [1.82, 2.24) is 0 Å². The third kappa shape index (κ3) is 3.35. The average molecular weight is 268 g/mol. The first kappa shape index (κ1) is 14.1. The molecule has 2 N–H and O–H groups in total. The van der Waals surface area contributed by atoms with E-state index in [9.17, 15) is 14.7 Å². The molecule has 2 saturated heterocycles. The third-order valence-corrected chi connectivity index (χ3v) is 4.05. The summed E-state index contributed by atoms with van der Waals surface area (Å²) in [6, 6.07) is 0. The predicted octanol–water partition coefficient (Wildman–Crippen LogP) is 2.07. The fourth-order valence-corrected chi connectivity index (χ4v) is 3.16. The van der Waals surface area contributed by atoms with Crippen LogP contribution in [0.5, 0.6) is 0 Å². The van der Waals surface area contributed by atoms with Crippen molar-refractivity contribution in [1.29, 1.82) is 0 Å². The summed E-state index contributed by atoms with van der Waals surface area (Å²) in [4.78, 5) is 21.6. The summed E-state index contributed by atoms with van der Waals surface area (Å²) in [7, 11) is 0. The van der Waals surface area contributed by atoms with E-state index in [0.717, 1.165) is 19.3 Å². The number of hydrogen-bond donors (Lipinski definition) is 2. The number of allylic oxidation sites excluding steroid dienone is 2. The first-order valence-electron chi connectivity index (χ1n) is 6.84. The highest BCUT2D eigenvalue weighted by atomic mass is 16.5. The largest absolute Gasteiger partial charge is 0.481 e. The van der Waals surface area contributed by atoms with Crippen LogP contribution in [0.1, 0.15) is 38.5 Å². The number of aliphatic carboxylic acids is 2. The van der Waals surface area contributed by atoms with Gasteiger partial charge in [0.05, 0.1) is 18.1 Å². The molecule has 0 aromatic carbocycles. The highest BCUT2D eigenvalue weighted by molar-refractivity contribution is 5.72. The smallest absolute Gasteiger partial charge is 0.309 e. The quantitative estimate of drug-likeness (QED) is 0.545. The zero-order chi connectivity index (χ0) is 13.8. The van der Waals surface area contributed by atoms with Gasteiger partial charge in [0.25, 0.3) is 0 Å². The van der Waals surface area contributed by atoms with Crippen LogP contribution in [0.25, 0.3) is 0 Å². The Bertz CT molecular complexity index is 376. The molecule has 5 heteroatoms. The lowest BCUT2D eigenvalue weighted by Gasteiger charge is -2.23. The Hall–Kier alpha value is -1.36. The number of carboxylic acids is 2. The monoisotopic (exact) mass is 268 g/mol. The second-order valence-corrected chi connectivity index (χ2v) is 5.31. The van der Waals surface area contributed by atoms with Crippen LogP contribution in [0.2, 0.25) is 0 Å². The minimum absolute atomic E-state index is 0.0759. The van der Waals surface area contributed by atoms with Crippen LogP contribution >= 0.6 is 0 Å². The molecule has 0 unspecified atom stereocenters. The van der Waals surface area contributed by atoms with Gasteiger partial charge in [-0.2, -0.15) is 0 Å². The Balaban J connectivity index is 1.77. The molecule has 0 aromatic heterocycles. The third-order valence-electron chi connectivity index (χ3n) is 4.05. The molecule has 0 amide bonds. The number of rotatable bonds is 7. The minimum Gasteiger partial charge on any atom is -0.481 e. The number of unbranched alkanes of at least 4 members (excludes halogenated alkanes) is 1. The molecular weight excluding hydrogens is 248 g/mol. The van der Waals surface area contributed by atoms with Crippen LogP contribution in [0.4, 0.5) is 0 Å². The molecule has 2 rings (SSSR count). The van der Waals surface area contributed by atoms with Gasteiger partial charge in [-0.3, -0.25) is 9.59 Å². The van der Waals surface area contributed by atoms with Crippen molar-refractivity contribution >= 4 is 11.9 Å². The van der Waals surface area contributed by atoms with Crippen molar-refractivity contribution in [2.75, 3.05) is 0 Å². The lowest BCUT2D eigenvalue weighted by Crippen LogP contribution is -2.33. The molecule has 2 aliphatic heterocycles. The molecule has 0 spiro atoms. The summed E-state index contributed by atoms with van der Waals surface area (Å²) in [5.74, 6) is -1.83. The highest BCUT2D eigenvalue weighted by Gasteiger charge is 2.51. The van der Waals surface area contributed by atoms with Crippen molar-refractivity contribution in [3.05, 3.63) is 12.2 Å². The number of hydrogen-bond acceptors (Lipinski definition) is 3. The minimum atomic E-state index is -0.777. The van der Waals surface area contributed by atoms with E-state index < -0.39 is 11.9 Å². The van der Waals surface area contributed by atoms with E-state index in [2.05, 4.69) is 0 Å². The Morgan fingerprint density at radius 2 is 1.89 bits per heavy atom. The summed E-state index contributed by atoms with van der Waals surface area (Å²) in [6.07, 6.45) is 7.99. The van der Waals surface area contributed by atoms with E-state index in [0.29, 0.717) is 12.8 Å². The first-order chi connectivity index (χ1) is 9.09. The van der Waals surface area contributed by atoms with Crippen LogP contribution < -0.4 is 0 Å². The van der Waals surface area contributed by atoms with Gasteiger partial charge in [-0.05, 0) is 32.1 Å². The van der Waals surface area contributed by atoms with Gasteiger partial charge in [0.15, 0.2) is 0 Å². The Morgan fingerprint density at radius 3 is 2.58 bits per heavy atom. The van der Waals surface area contributed by atoms with E-state index in [1.807, 2.05) is 12.2 Å². The maximum absolute atomic E-state index is 11.2. The second-order valence-electron chi connectivity index (χ2n) is 5.31. The molecule has 106 valence electrons. The second kappa shape index (κ2) is 6.19. The van der Waals surface area contributed by atoms with Crippen LogP contribution in [-0.2, 0) is 14.3 Å². The maximum atomic E-state index is 11.2. The normalized spacial score (nSPS) is 33.1. The lowest BCUT2D eigenvalue weighted by molar-refractivity contribution is -0.144. The zero-order valence-corrected chi connectivity index (χ0v) is 10.8. The Kier molecular flexibility index (Phi) is 4.58. The molecule has 2 bridgehead atoms. The SMILES string of the molecule is O=C(O)CCCC=CC[C@@H]1[C@@H](C(=O)O)[C@@H]2CC[C@H]1O2. The van der Waals surface area contributed by atoms with Crippen molar-refractivity contribution < 1.29 is 24.5 Å². The molecular formula is C14H20O5. The van der Waals surface area contributed by atoms with Gasteiger partial charge in [0.2, 0.25) is 0 Å². The summed E-state index contributed by atoms with van der Waals surface area (Å²) in [5.41, 5.74) is 0. The van der Waals surface area contributed by atoms with Gasteiger partial charge >= 0.3 is 11.9 Å². The van der Waals surface area contributed by atoms with E-state index in [1.54, 1.807) is 0 Å². The number of ether oxygens (including phenoxy) is 1. The van der Waals surface area contributed by atoms with Crippen molar-refractivity contribution in [3.8, 4) is 0 Å². The molecule has 5 nitrogen and oxygen atoms in total. The summed E-state index contributed by atoms with van der Waals surface area (Å²) >= 11 is 0. The average Bonchev–Trinajstić information content (AvgIpc) is 2.93. The van der Waals surface area contributed by atoms with Gasteiger partial charge < -0.3 is 14.9 Å². The first-order valence-corrected chi connectivity index (χ1v) is 6.84. The van der Waals surface area contributed by atoms with Crippen LogP contribution in [0.3, 0.4) is 0 Å². The van der Waals surface area contributed by atoms with Gasteiger partial charge in [-0.1, -0.05) is 12.2 Å². The Morgan fingerprint density at radius 1 is 1.16 bits per heavy atom. The zero-order valence-electron chi connectivity index (χ0n) is 10.8. The molecule has 0 saturated carbocycles. The van der Waals surface area contributed by atoms with E-state index in [4.69, 9.17) is 9.84 Å². The van der Waals surface area contributed by atoms with Crippen LogP contribution in [0, 0.1) is 11.8 Å². The summed E-state index contributed by atoms with van der Waals surface area (Å²) in [6.45, 7) is 0. The fourth-order valence-electron chi connectivity index (χ4n) is 3.16. The Labute approximate surface area is 112 Å². The van der Waals surface area contributed by atoms with Crippen molar-refractivity contribution in [2.24, 2.45) is 11.8 Å². The maximum Gasteiger partial charge on any atom is 0.309 e. The molecule has 2 heterocycles. The number of fused-ring (bicyclic) bond motifs is 2. The standard InChI is InChI=1S/C14H20O5/c15-12(16)6-4-2-1-3-5-9-10-7-8-11(19-10)13(9)14(17)18/h1,3,9-11,13H,2,4-8H2,(H,15,16)(H,17,18)/t9-,10+,11-,13+/m0/s1. The van der Waals surface area contributed by atoms with Crippen molar-refractivity contribution in [3.63, 3.8) is 0 Å². The molecule has 2 aliphatic rings. The predicted molar refractivity (Wildman–Crippen MR) is 67.8 cm³/mol. The number of carbonyl (C=O) groups is 2. The highest BCUT2D eigenvalue weighted by Crippen LogP contribution is 2.45. The topological polar surface area (TPSA) is 83.8 Å². The molecule has 0 aliphatic carbocycles.